The fourth-order valence-electron chi connectivity index (χ4n) is 3.48. The summed E-state index contributed by atoms with van der Waals surface area (Å²) in [6, 6.07) is 11.1. The van der Waals surface area contributed by atoms with Gasteiger partial charge < -0.3 is 25.0 Å². The van der Waals surface area contributed by atoms with E-state index in [1.165, 1.54) is 38.4 Å². The van der Waals surface area contributed by atoms with E-state index in [2.05, 4.69) is 20.6 Å². The van der Waals surface area contributed by atoms with E-state index >= 15 is 0 Å². The number of anilines is 2. The van der Waals surface area contributed by atoms with Gasteiger partial charge in [-0.15, -0.1) is 0 Å². The van der Waals surface area contributed by atoms with Crippen LogP contribution in [0.4, 0.5) is 24.7 Å². The number of rotatable bonds is 8. The molecular weight excluding hydrogens is 511 g/mol. The van der Waals surface area contributed by atoms with Crippen molar-refractivity contribution in [3.05, 3.63) is 71.6 Å². The first-order chi connectivity index (χ1) is 17.4. The maximum Gasteiger partial charge on any atom is 0.416 e. The Morgan fingerprint density at radius 1 is 1.14 bits per heavy atom. The fourth-order valence-corrected chi connectivity index (χ4v) is 3.70. The van der Waals surface area contributed by atoms with Crippen molar-refractivity contribution in [1.82, 2.24) is 19.9 Å². The minimum absolute atomic E-state index is 0.00412. The molecule has 0 unspecified atom stereocenters. The van der Waals surface area contributed by atoms with Crippen molar-refractivity contribution < 1.29 is 27.8 Å². The molecule has 0 aliphatic heterocycles. The number of halogens is 4. The zero-order valence-electron chi connectivity index (χ0n) is 19.8. The molecule has 194 valence electrons. The molecule has 0 spiro atoms. The van der Waals surface area contributed by atoms with Crippen LogP contribution in [0.15, 0.2) is 61.1 Å². The first-order valence-electron chi connectivity index (χ1n) is 11.1. The number of nitrogens with zero attached hydrogens (tertiary/aromatic N) is 3. The Labute approximate surface area is 215 Å². The number of alkyl halides is 3. The molecule has 0 aliphatic rings. The van der Waals surface area contributed by atoms with E-state index in [1.807, 2.05) is 4.57 Å². The highest BCUT2D eigenvalue weighted by molar-refractivity contribution is 6.32. The predicted molar refractivity (Wildman–Crippen MR) is 133 cm³/mol. The van der Waals surface area contributed by atoms with Crippen LogP contribution in [0.2, 0.25) is 5.02 Å². The second-order valence-corrected chi connectivity index (χ2v) is 9.09. The van der Waals surface area contributed by atoms with Crippen LogP contribution in [0, 0.1) is 0 Å². The highest BCUT2D eigenvalue weighted by Gasteiger charge is 2.30. The molecule has 0 atom stereocenters. The quantitative estimate of drug-likeness (QED) is 0.275. The zero-order chi connectivity index (χ0) is 26.8. The molecule has 0 aliphatic carbocycles. The first kappa shape index (κ1) is 26.2. The summed E-state index contributed by atoms with van der Waals surface area (Å²) in [6.45, 7) is 3.49. The predicted octanol–water partition coefficient (Wildman–Crippen LogP) is 5.53. The Hall–Kier alpha value is -3.83. The van der Waals surface area contributed by atoms with Gasteiger partial charge in [0.25, 0.3) is 5.91 Å². The topological polar surface area (TPSA) is 101 Å². The summed E-state index contributed by atoms with van der Waals surface area (Å²) in [5.41, 5.74) is -0.396. The Morgan fingerprint density at radius 3 is 2.62 bits per heavy atom. The maximum absolute atomic E-state index is 13.0. The van der Waals surface area contributed by atoms with E-state index in [-0.39, 0.29) is 23.1 Å². The molecule has 2 aromatic carbocycles. The number of benzene rings is 2. The molecule has 8 nitrogen and oxygen atoms in total. The molecule has 37 heavy (non-hydrogen) atoms. The molecule has 12 heteroatoms. The lowest BCUT2D eigenvalue weighted by Gasteiger charge is -2.17. The number of hydrogen-bond acceptors (Lipinski definition) is 6. The lowest BCUT2D eigenvalue weighted by Crippen LogP contribution is -2.43. The number of ether oxygens (including phenoxy) is 1. The number of hydrogen-bond donors (Lipinski definition) is 3. The number of carbonyl (C=O) groups excluding carboxylic acids is 1. The van der Waals surface area contributed by atoms with Crippen LogP contribution in [-0.4, -0.2) is 37.7 Å². The summed E-state index contributed by atoms with van der Waals surface area (Å²) in [5, 5.41) is 15.8. The van der Waals surface area contributed by atoms with Gasteiger partial charge in [-0.1, -0.05) is 17.7 Å². The second kappa shape index (κ2) is 10.3. The summed E-state index contributed by atoms with van der Waals surface area (Å²) in [6.07, 6.45) is -1.28. The Kier molecular flexibility index (Phi) is 7.28. The van der Waals surface area contributed by atoms with E-state index in [9.17, 15) is 23.1 Å². The molecule has 1 amide bonds. The highest BCUT2D eigenvalue weighted by Crippen LogP contribution is 2.36. The lowest BCUT2D eigenvalue weighted by molar-refractivity contribution is -0.137. The van der Waals surface area contributed by atoms with Crippen LogP contribution >= 0.6 is 11.6 Å². The Morgan fingerprint density at radius 2 is 1.92 bits per heavy atom. The van der Waals surface area contributed by atoms with E-state index in [1.54, 1.807) is 24.4 Å². The monoisotopic (exact) mass is 533 g/mol. The van der Waals surface area contributed by atoms with Crippen molar-refractivity contribution in [2.24, 2.45) is 0 Å². The smallest absolute Gasteiger partial charge is 0.416 e. The summed E-state index contributed by atoms with van der Waals surface area (Å²) in [7, 11) is 0. The number of fused-ring (bicyclic) bond motifs is 1. The van der Waals surface area contributed by atoms with Gasteiger partial charge in [-0.2, -0.15) is 13.2 Å². The second-order valence-electron chi connectivity index (χ2n) is 8.68. The van der Waals surface area contributed by atoms with Crippen molar-refractivity contribution in [2.45, 2.75) is 32.2 Å². The van der Waals surface area contributed by atoms with E-state index in [0.717, 1.165) is 12.1 Å². The van der Waals surface area contributed by atoms with Gasteiger partial charge in [-0.05, 0) is 56.3 Å². The normalized spacial score (nSPS) is 12.0. The minimum atomic E-state index is -4.49. The standard InChI is InChI=1S/C25H23ClF3N5O3/c1-24(2,36)23(35)30-9-11-34-10-8-19-21(34)22(32-14-31-19)33-16-6-7-20(18(26)13-16)37-17-5-3-4-15(12-17)25(27,28)29/h3-8,10,12-14,36H,9,11H2,1-2H3,(H,30,35)(H,31,32,33). The summed E-state index contributed by atoms with van der Waals surface area (Å²) in [4.78, 5) is 20.5. The fraction of sp³-hybridized carbons (Fsp3) is 0.240. The average molecular weight is 534 g/mol. The molecule has 0 saturated carbocycles. The van der Waals surface area contributed by atoms with E-state index in [4.69, 9.17) is 16.3 Å². The molecule has 4 rings (SSSR count). The molecule has 4 aromatic rings. The number of aliphatic hydroxyl groups is 1. The van der Waals surface area contributed by atoms with Gasteiger partial charge in [0.2, 0.25) is 0 Å². The van der Waals surface area contributed by atoms with Crippen molar-refractivity contribution in [1.29, 1.82) is 0 Å². The molecule has 0 bridgehead atoms. The van der Waals surface area contributed by atoms with Crippen LogP contribution in [-0.2, 0) is 17.5 Å². The SMILES string of the molecule is CC(C)(O)C(=O)NCCn1ccc2ncnc(Nc3ccc(Oc4cccc(C(F)(F)F)c4)c(Cl)c3)c21. The van der Waals surface area contributed by atoms with Gasteiger partial charge in [-0.3, -0.25) is 4.79 Å². The van der Waals surface area contributed by atoms with Crippen molar-refractivity contribution in [2.75, 3.05) is 11.9 Å². The Bertz CT molecular complexity index is 1430. The van der Waals surface area contributed by atoms with E-state index < -0.39 is 23.2 Å². The maximum atomic E-state index is 13.0. The highest BCUT2D eigenvalue weighted by atomic mass is 35.5. The van der Waals surface area contributed by atoms with Crippen molar-refractivity contribution in [3.63, 3.8) is 0 Å². The summed E-state index contributed by atoms with van der Waals surface area (Å²) < 4.78 is 46.4. The summed E-state index contributed by atoms with van der Waals surface area (Å²) in [5.74, 6) is 0.182. The van der Waals surface area contributed by atoms with Crippen molar-refractivity contribution in [3.8, 4) is 11.5 Å². The van der Waals surface area contributed by atoms with Gasteiger partial charge in [0, 0.05) is 25.0 Å². The zero-order valence-corrected chi connectivity index (χ0v) is 20.6. The number of nitrogens with one attached hydrogen (secondary N) is 2. The molecule has 0 radical (unpaired) electrons. The largest absolute Gasteiger partial charge is 0.456 e. The van der Waals surface area contributed by atoms with Gasteiger partial charge in [0.05, 0.1) is 16.1 Å². The third-order valence-electron chi connectivity index (χ3n) is 5.33. The van der Waals surface area contributed by atoms with E-state index in [0.29, 0.717) is 29.1 Å². The number of amides is 1. The molecule has 2 heterocycles. The first-order valence-corrected chi connectivity index (χ1v) is 11.5. The van der Waals surface area contributed by atoms with Gasteiger partial charge >= 0.3 is 6.18 Å². The molecular formula is C25H23ClF3N5O3. The van der Waals surface area contributed by atoms with Crippen LogP contribution in [0.25, 0.3) is 11.0 Å². The molecule has 0 saturated heterocycles. The van der Waals surface area contributed by atoms with Gasteiger partial charge in [0.15, 0.2) is 5.82 Å². The van der Waals surface area contributed by atoms with Crippen LogP contribution in [0.3, 0.4) is 0 Å². The van der Waals surface area contributed by atoms with Crippen LogP contribution < -0.4 is 15.4 Å². The van der Waals surface area contributed by atoms with Crippen molar-refractivity contribution >= 4 is 40.0 Å². The molecule has 3 N–H and O–H groups in total. The minimum Gasteiger partial charge on any atom is -0.456 e. The number of aromatic nitrogens is 3. The van der Waals surface area contributed by atoms with Crippen LogP contribution in [0.1, 0.15) is 19.4 Å². The third kappa shape index (κ3) is 6.30. The van der Waals surface area contributed by atoms with Crippen LogP contribution in [0.5, 0.6) is 11.5 Å². The average Bonchev–Trinajstić information content (AvgIpc) is 3.24. The Balaban J connectivity index is 1.51. The van der Waals surface area contributed by atoms with Gasteiger partial charge in [0.1, 0.15) is 28.9 Å². The molecule has 0 fully saturated rings. The van der Waals surface area contributed by atoms with Gasteiger partial charge in [-0.25, -0.2) is 9.97 Å². The summed E-state index contributed by atoms with van der Waals surface area (Å²) >= 11 is 6.35. The molecule has 2 aromatic heterocycles. The third-order valence-corrected chi connectivity index (χ3v) is 5.62. The number of carbonyl (C=O) groups is 1. The lowest BCUT2D eigenvalue weighted by atomic mass is 10.1.